The van der Waals surface area contributed by atoms with E-state index >= 15 is 0 Å². The van der Waals surface area contributed by atoms with Gasteiger partial charge in [-0.3, -0.25) is 4.79 Å². The lowest BCUT2D eigenvalue weighted by Gasteiger charge is -2.07. The van der Waals surface area contributed by atoms with Crippen LogP contribution < -0.4 is 0 Å². The van der Waals surface area contributed by atoms with E-state index in [2.05, 4.69) is 9.97 Å². The molecule has 1 N–H and O–H groups in total. The standard InChI is InChI=1S/C11H9ClN2O2S/c1-6(11(15)16)17-10-9(12)13-7-4-2-3-5-8(7)14-10/h2-6H,1H3,(H,15,16). The number of carboxylic acid groups (broad SMARTS) is 1. The molecule has 1 atom stereocenters. The fourth-order valence-electron chi connectivity index (χ4n) is 1.26. The zero-order valence-electron chi connectivity index (χ0n) is 8.92. The van der Waals surface area contributed by atoms with Crippen LogP contribution in [-0.2, 0) is 4.79 Å². The van der Waals surface area contributed by atoms with Gasteiger partial charge in [-0.05, 0) is 19.1 Å². The Kier molecular flexibility index (Phi) is 3.49. The van der Waals surface area contributed by atoms with E-state index < -0.39 is 11.2 Å². The van der Waals surface area contributed by atoms with Crippen molar-refractivity contribution in [1.29, 1.82) is 0 Å². The molecule has 4 nitrogen and oxygen atoms in total. The van der Waals surface area contributed by atoms with Crippen LogP contribution in [0.1, 0.15) is 6.92 Å². The van der Waals surface area contributed by atoms with Gasteiger partial charge >= 0.3 is 5.97 Å². The van der Waals surface area contributed by atoms with Crippen LogP contribution in [0, 0.1) is 0 Å². The number of nitrogens with zero attached hydrogens (tertiary/aromatic N) is 2. The number of thioether (sulfide) groups is 1. The van der Waals surface area contributed by atoms with Crippen molar-refractivity contribution < 1.29 is 9.90 Å². The van der Waals surface area contributed by atoms with Crippen LogP contribution in [0.2, 0.25) is 5.15 Å². The number of carboxylic acids is 1. The molecule has 0 aliphatic heterocycles. The first kappa shape index (κ1) is 12.1. The maximum Gasteiger partial charge on any atom is 0.316 e. The van der Waals surface area contributed by atoms with Crippen molar-refractivity contribution in [1.82, 2.24) is 9.97 Å². The number of para-hydroxylation sites is 2. The lowest BCUT2D eigenvalue weighted by Crippen LogP contribution is -2.11. The molecule has 0 saturated carbocycles. The smallest absolute Gasteiger partial charge is 0.316 e. The molecule has 1 aromatic heterocycles. The number of aliphatic carboxylic acids is 1. The predicted molar refractivity (Wildman–Crippen MR) is 67.5 cm³/mol. The lowest BCUT2D eigenvalue weighted by molar-refractivity contribution is -0.136. The van der Waals surface area contributed by atoms with Crippen molar-refractivity contribution in [2.75, 3.05) is 0 Å². The summed E-state index contributed by atoms with van der Waals surface area (Å²) in [6, 6.07) is 7.32. The summed E-state index contributed by atoms with van der Waals surface area (Å²) in [5.41, 5.74) is 1.40. The SMILES string of the molecule is CC(Sc1nc2ccccc2nc1Cl)C(=O)O. The van der Waals surface area contributed by atoms with Crippen molar-refractivity contribution in [3.05, 3.63) is 29.4 Å². The first-order valence-corrected chi connectivity index (χ1v) is 6.15. The second-order valence-electron chi connectivity index (χ2n) is 3.41. The molecule has 0 fully saturated rings. The summed E-state index contributed by atoms with van der Waals surface area (Å²) in [5, 5.41) is 8.91. The van der Waals surface area contributed by atoms with Gasteiger partial charge in [0.2, 0.25) is 0 Å². The number of rotatable bonds is 3. The maximum absolute atomic E-state index is 10.8. The highest BCUT2D eigenvalue weighted by Crippen LogP contribution is 2.29. The van der Waals surface area contributed by atoms with Gasteiger partial charge in [-0.25, -0.2) is 9.97 Å². The number of fused-ring (bicyclic) bond motifs is 1. The molecule has 0 radical (unpaired) electrons. The van der Waals surface area contributed by atoms with Gasteiger partial charge in [0.1, 0.15) is 10.3 Å². The Bertz CT molecular complexity index is 576. The average molecular weight is 269 g/mol. The Morgan fingerprint density at radius 3 is 2.53 bits per heavy atom. The molecular formula is C11H9ClN2O2S. The minimum absolute atomic E-state index is 0.238. The summed E-state index contributed by atoms with van der Waals surface area (Å²) in [7, 11) is 0. The van der Waals surface area contributed by atoms with Crippen LogP contribution in [0.5, 0.6) is 0 Å². The van der Waals surface area contributed by atoms with E-state index in [0.717, 1.165) is 11.8 Å². The molecule has 1 heterocycles. The van der Waals surface area contributed by atoms with Crippen molar-refractivity contribution >= 4 is 40.4 Å². The molecule has 0 amide bonds. The normalized spacial score (nSPS) is 12.6. The fourth-order valence-corrected chi connectivity index (χ4v) is 2.25. The summed E-state index contributed by atoms with van der Waals surface area (Å²) in [6.07, 6.45) is 0. The summed E-state index contributed by atoms with van der Waals surface area (Å²) >= 11 is 7.05. The van der Waals surface area contributed by atoms with Crippen molar-refractivity contribution in [3.63, 3.8) is 0 Å². The quantitative estimate of drug-likeness (QED) is 0.867. The zero-order chi connectivity index (χ0) is 12.4. The van der Waals surface area contributed by atoms with E-state index in [0.29, 0.717) is 16.1 Å². The van der Waals surface area contributed by atoms with Crippen molar-refractivity contribution in [2.45, 2.75) is 17.2 Å². The Morgan fingerprint density at radius 1 is 1.35 bits per heavy atom. The number of carbonyl (C=O) groups is 1. The van der Waals surface area contributed by atoms with Gasteiger partial charge < -0.3 is 5.11 Å². The Labute approximate surface area is 107 Å². The third kappa shape index (κ3) is 2.68. The van der Waals surface area contributed by atoms with Crippen molar-refractivity contribution in [2.24, 2.45) is 0 Å². The Hall–Kier alpha value is -1.33. The molecule has 88 valence electrons. The van der Waals surface area contributed by atoms with E-state index in [1.165, 1.54) is 0 Å². The topological polar surface area (TPSA) is 63.1 Å². The van der Waals surface area contributed by atoms with Crippen LogP contribution in [0.4, 0.5) is 0 Å². The molecule has 0 saturated heterocycles. The number of hydrogen-bond donors (Lipinski definition) is 1. The van der Waals surface area contributed by atoms with E-state index in [1.807, 2.05) is 24.3 Å². The summed E-state index contributed by atoms with van der Waals surface area (Å²) in [5.74, 6) is -0.902. The monoisotopic (exact) mass is 268 g/mol. The molecule has 0 aliphatic carbocycles. The van der Waals surface area contributed by atoms with Gasteiger partial charge in [0.25, 0.3) is 0 Å². The van der Waals surface area contributed by atoms with Gasteiger partial charge in [0.05, 0.1) is 11.0 Å². The minimum Gasteiger partial charge on any atom is -0.480 e. The molecule has 0 bridgehead atoms. The van der Waals surface area contributed by atoms with Crippen molar-refractivity contribution in [3.8, 4) is 0 Å². The number of aromatic nitrogens is 2. The fraction of sp³-hybridized carbons (Fsp3) is 0.182. The summed E-state index contributed by atoms with van der Waals surface area (Å²) in [6.45, 7) is 1.58. The molecule has 1 unspecified atom stereocenters. The van der Waals surface area contributed by atoms with E-state index in [4.69, 9.17) is 16.7 Å². The third-order valence-corrected chi connectivity index (χ3v) is 3.57. The largest absolute Gasteiger partial charge is 0.480 e. The molecule has 2 rings (SSSR count). The van der Waals surface area contributed by atoms with E-state index in [1.54, 1.807) is 6.92 Å². The maximum atomic E-state index is 10.8. The third-order valence-electron chi connectivity index (χ3n) is 2.13. The first-order chi connectivity index (χ1) is 8.08. The Morgan fingerprint density at radius 2 is 1.94 bits per heavy atom. The van der Waals surface area contributed by atoms with Crippen LogP contribution in [0.3, 0.4) is 0 Å². The molecular weight excluding hydrogens is 260 g/mol. The number of halogens is 1. The highest BCUT2D eigenvalue weighted by atomic mass is 35.5. The molecule has 2 aromatic rings. The highest BCUT2D eigenvalue weighted by molar-refractivity contribution is 8.00. The second kappa shape index (κ2) is 4.89. The van der Waals surface area contributed by atoms with Gasteiger partial charge in [-0.1, -0.05) is 35.5 Å². The van der Waals surface area contributed by atoms with E-state index in [-0.39, 0.29) is 5.15 Å². The average Bonchev–Trinajstić information content (AvgIpc) is 2.29. The number of benzene rings is 1. The summed E-state index contributed by atoms with van der Waals surface area (Å²) in [4.78, 5) is 19.2. The van der Waals surface area contributed by atoms with Crippen LogP contribution in [0.25, 0.3) is 11.0 Å². The predicted octanol–water partition coefficient (Wildman–Crippen LogP) is 2.85. The molecule has 0 aliphatic rings. The van der Waals surface area contributed by atoms with Crippen LogP contribution in [0.15, 0.2) is 29.3 Å². The molecule has 6 heteroatoms. The van der Waals surface area contributed by atoms with Crippen LogP contribution in [-0.4, -0.2) is 26.3 Å². The summed E-state index contributed by atoms with van der Waals surface area (Å²) < 4.78 is 0. The zero-order valence-corrected chi connectivity index (χ0v) is 10.5. The molecule has 0 spiro atoms. The van der Waals surface area contributed by atoms with Gasteiger partial charge in [-0.15, -0.1) is 0 Å². The highest BCUT2D eigenvalue weighted by Gasteiger charge is 2.16. The molecule has 17 heavy (non-hydrogen) atoms. The van der Waals surface area contributed by atoms with Gasteiger partial charge in [0.15, 0.2) is 5.15 Å². The van der Waals surface area contributed by atoms with Gasteiger partial charge in [-0.2, -0.15) is 0 Å². The lowest BCUT2D eigenvalue weighted by atomic mass is 10.3. The Balaban J connectivity index is 2.40. The molecule has 1 aromatic carbocycles. The minimum atomic E-state index is -0.902. The van der Waals surface area contributed by atoms with E-state index in [9.17, 15) is 4.79 Å². The second-order valence-corrected chi connectivity index (χ2v) is 5.09. The number of hydrogen-bond acceptors (Lipinski definition) is 4. The first-order valence-electron chi connectivity index (χ1n) is 4.89. The van der Waals surface area contributed by atoms with Gasteiger partial charge in [0, 0.05) is 0 Å². The van der Waals surface area contributed by atoms with Crippen LogP contribution >= 0.6 is 23.4 Å².